The highest BCUT2D eigenvalue weighted by Gasteiger charge is 2.16. The first-order valence-corrected chi connectivity index (χ1v) is 8.73. The molecule has 1 aromatic carbocycles. The van der Waals surface area contributed by atoms with Gasteiger partial charge in [-0.25, -0.2) is 4.79 Å². The van der Waals surface area contributed by atoms with Gasteiger partial charge in [0, 0.05) is 50.2 Å². The lowest BCUT2D eigenvalue weighted by atomic mass is 10.2. The SMILES string of the molecule is O=C1CN(c2ccc(CNC(=O)NCCc3ccccn3)cc2)CCN1. The lowest BCUT2D eigenvalue weighted by Gasteiger charge is -2.28. The standard InChI is InChI=1S/C19H23N5O2/c25-18-14-24(12-11-21-18)17-6-4-15(5-7-17)13-23-19(26)22-10-8-16-3-1-2-9-20-16/h1-7,9H,8,10-14H2,(H,21,25)(H2,22,23,26). The van der Waals surface area contributed by atoms with Crippen LogP contribution < -0.4 is 20.9 Å². The molecule has 0 radical (unpaired) electrons. The third-order valence-electron chi connectivity index (χ3n) is 4.19. The zero-order valence-corrected chi connectivity index (χ0v) is 14.6. The molecule has 3 rings (SSSR count). The minimum atomic E-state index is -0.197. The Morgan fingerprint density at radius 3 is 2.73 bits per heavy atom. The molecule has 0 unspecified atom stereocenters. The lowest BCUT2D eigenvalue weighted by molar-refractivity contribution is -0.120. The Bertz CT molecular complexity index is 733. The Kier molecular flexibility index (Phi) is 6.03. The number of aromatic nitrogens is 1. The Balaban J connectivity index is 1.40. The highest BCUT2D eigenvalue weighted by atomic mass is 16.2. The second-order valence-corrected chi connectivity index (χ2v) is 6.12. The Morgan fingerprint density at radius 1 is 1.15 bits per heavy atom. The fraction of sp³-hybridized carbons (Fsp3) is 0.316. The van der Waals surface area contributed by atoms with Gasteiger partial charge in [0.05, 0.1) is 6.54 Å². The van der Waals surface area contributed by atoms with Crippen LogP contribution in [0.15, 0.2) is 48.7 Å². The summed E-state index contributed by atoms with van der Waals surface area (Å²) in [7, 11) is 0. The molecular weight excluding hydrogens is 330 g/mol. The molecule has 136 valence electrons. The number of urea groups is 1. The van der Waals surface area contributed by atoms with Crippen molar-refractivity contribution in [3.05, 3.63) is 59.9 Å². The third-order valence-corrected chi connectivity index (χ3v) is 4.19. The number of amides is 3. The lowest BCUT2D eigenvalue weighted by Crippen LogP contribution is -2.47. The van der Waals surface area contributed by atoms with E-state index in [1.165, 1.54) is 0 Å². The normalized spacial score (nSPS) is 13.8. The number of benzene rings is 1. The zero-order chi connectivity index (χ0) is 18.2. The number of anilines is 1. The molecule has 2 aromatic rings. The van der Waals surface area contributed by atoms with E-state index in [0.29, 0.717) is 32.6 Å². The van der Waals surface area contributed by atoms with E-state index in [4.69, 9.17) is 0 Å². The van der Waals surface area contributed by atoms with Gasteiger partial charge in [0.15, 0.2) is 0 Å². The Morgan fingerprint density at radius 2 is 2.00 bits per heavy atom. The van der Waals surface area contributed by atoms with Crippen LogP contribution >= 0.6 is 0 Å². The van der Waals surface area contributed by atoms with E-state index in [1.807, 2.05) is 47.4 Å². The van der Waals surface area contributed by atoms with E-state index in [0.717, 1.165) is 23.5 Å². The van der Waals surface area contributed by atoms with E-state index in [-0.39, 0.29) is 11.9 Å². The third kappa shape index (κ3) is 5.20. The summed E-state index contributed by atoms with van der Waals surface area (Å²) in [5.41, 5.74) is 2.98. The molecule has 1 aliphatic rings. The van der Waals surface area contributed by atoms with Gasteiger partial charge in [-0.1, -0.05) is 18.2 Å². The molecule has 7 heteroatoms. The number of nitrogens with one attached hydrogen (secondary N) is 3. The van der Waals surface area contributed by atoms with E-state index in [2.05, 4.69) is 20.9 Å². The van der Waals surface area contributed by atoms with Crippen LogP contribution in [0.1, 0.15) is 11.3 Å². The second kappa shape index (κ2) is 8.84. The predicted octanol–water partition coefficient (Wildman–Crippen LogP) is 1.06. The summed E-state index contributed by atoms with van der Waals surface area (Å²) in [6, 6.07) is 13.4. The molecule has 1 aromatic heterocycles. The van der Waals surface area contributed by atoms with Crippen molar-refractivity contribution >= 4 is 17.6 Å². The summed E-state index contributed by atoms with van der Waals surface area (Å²) in [6.07, 6.45) is 2.45. The van der Waals surface area contributed by atoms with Gasteiger partial charge in [0.1, 0.15) is 0 Å². The average molecular weight is 353 g/mol. The van der Waals surface area contributed by atoms with Crippen LogP contribution in [0.25, 0.3) is 0 Å². The minimum absolute atomic E-state index is 0.0457. The summed E-state index contributed by atoms with van der Waals surface area (Å²) < 4.78 is 0. The Hall–Kier alpha value is -3.09. The molecule has 1 aliphatic heterocycles. The summed E-state index contributed by atoms with van der Waals surface area (Å²) in [5, 5.41) is 8.48. The fourth-order valence-corrected chi connectivity index (χ4v) is 2.78. The average Bonchev–Trinajstić information content (AvgIpc) is 2.68. The molecule has 26 heavy (non-hydrogen) atoms. The van der Waals surface area contributed by atoms with Gasteiger partial charge in [-0.15, -0.1) is 0 Å². The molecule has 0 atom stereocenters. The van der Waals surface area contributed by atoms with Crippen molar-refractivity contribution in [3.8, 4) is 0 Å². The van der Waals surface area contributed by atoms with Crippen molar-refractivity contribution < 1.29 is 9.59 Å². The van der Waals surface area contributed by atoms with E-state index in [1.54, 1.807) is 6.20 Å². The molecule has 7 nitrogen and oxygen atoms in total. The van der Waals surface area contributed by atoms with Crippen LogP contribution in [0.4, 0.5) is 10.5 Å². The molecular formula is C19H23N5O2. The van der Waals surface area contributed by atoms with Crippen molar-refractivity contribution in [2.75, 3.05) is 31.1 Å². The van der Waals surface area contributed by atoms with Gasteiger partial charge in [0.25, 0.3) is 0 Å². The van der Waals surface area contributed by atoms with Gasteiger partial charge >= 0.3 is 6.03 Å². The number of rotatable bonds is 6. The van der Waals surface area contributed by atoms with Crippen LogP contribution in [-0.4, -0.2) is 43.1 Å². The van der Waals surface area contributed by atoms with Gasteiger partial charge in [-0.3, -0.25) is 9.78 Å². The molecule has 0 saturated carbocycles. The number of carbonyl (C=O) groups excluding carboxylic acids is 2. The van der Waals surface area contributed by atoms with Gasteiger partial charge in [0.2, 0.25) is 5.91 Å². The van der Waals surface area contributed by atoms with Crippen molar-refractivity contribution in [1.82, 2.24) is 20.9 Å². The van der Waals surface area contributed by atoms with Gasteiger partial charge < -0.3 is 20.9 Å². The molecule has 1 fully saturated rings. The van der Waals surface area contributed by atoms with E-state index < -0.39 is 0 Å². The van der Waals surface area contributed by atoms with Crippen molar-refractivity contribution in [3.63, 3.8) is 0 Å². The highest BCUT2D eigenvalue weighted by molar-refractivity contribution is 5.82. The molecule has 0 aliphatic carbocycles. The Labute approximate surface area is 152 Å². The van der Waals surface area contributed by atoms with Crippen molar-refractivity contribution in [2.45, 2.75) is 13.0 Å². The second-order valence-electron chi connectivity index (χ2n) is 6.12. The first-order chi connectivity index (χ1) is 12.7. The summed E-state index contributed by atoms with van der Waals surface area (Å²) in [6.45, 7) is 2.86. The molecule has 3 N–H and O–H groups in total. The quantitative estimate of drug-likeness (QED) is 0.725. The zero-order valence-electron chi connectivity index (χ0n) is 14.6. The van der Waals surface area contributed by atoms with Crippen LogP contribution in [0.2, 0.25) is 0 Å². The summed E-state index contributed by atoms with van der Waals surface area (Å²) in [4.78, 5) is 29.6. The van der Waals surface area contributed by atoms with Crippen molar-refractivity contribution in [1.29, 1.82) is 0 Å². The summed E-state index contributed by atoms with van der Waals surface area (Å²) in [5.74, 6) is 0.0457. The van der Waals surface area contributed by atoms with Gasteiger partial charge in [-0.05, 0) is 29.8 Å². The van der Waals surface area contributed by atoms with Crippen LogP contribution in [0, 0.1) is 0 Å². The number of piperazine rings is 1. The summed E-state index contributed by atoms with van der Waals surface area (Å²) >= 11 is 0. The molecule has 2 heterocycles. The number of hydrogen-bond acceptors (Lipinski definition) is 4. The smallest absolute Gasteiger partial charge is 0.315 e. The molecule has 0 bridgehead atoms. The molecule has 0 spiro atoms. The first-order valence-electron chi connectivity index (χ1n) is 8.73. The molecule has 3 amide bonds. The highest BCUT2D eigenvalue weighted by Crippen LogP contribution is 2.15. The maximum Gasteiger partial charge on any atom is 0.315 e. The van der Waals surface area contributed by atoms with E-state index >= 15 is 0 Å². The number of hydrogen-bond donors (Lipinski definition) is 3. The maximum absolute atomic E-state index is 11.9. The fourth-order valence-electron chi connectivity index (χ4n) is 2.78. The minimum Gasteiger partial charge on any atom is -0.360 e. The molecule has 1 saturated heterocycles. The monoisotopic (exact) mass is 353 g/mol. The van der Waals surface area contributed by atoms with Gasteiger partial charge in [-0.2, -0.15) is 0 Å². The number of nitrogens with zero attached hydrogens (tertiary/aromatic N) is 2. The van der Waals surface area contributed by atoms with Crippen LogP contribution in [0.3, 0.4) is 0 Å². The first kappa shape index (κ1) is 17.7. The van der Waals surface area contributed by atoms with Crippen LogP contribution in [0.5, 0.6) is 0 Å². The largest absolute Gasteiger partial charge is 0.360 e. The topological polar surface area (TPSA) is 86.4 Å². The van der Waals surface area contributed by atoms with Crippen LogP contribution in [-0.2, 0) is 17.8 Å². The predicted molar refractivity (Wildman–Crippen MR) is 99.8 cm³/mol. The maximum atomic E-state index is 11.9. The number of carbonyl (C=O) groups is 2. The van der Waals surface area contributed by atoms with Crippen molar-refractivity contribution in [2.24, 2.45) is 0 Å². The van der Waals surface area contributed by atoms with E-state index in [9.17, 15) is 9.59 Å². The number of pyridine rings is 1.